The molecule has 1 aromatic heterocycles. The highest BCUT2D eigenvalue weighted by Gasteiger charge is 2.03. The van der Waals surface area contributed by atoms with Crippen molar-refractivity contribution in [1.82, 2.24) is 14.8 Å². The van der Waals surface area contributed by atoms with E-state index in [0.29, 0.717) is 19.2 Å². The molecule has 0 saturated heterocycles. The first-order chi connectivity index (χ1) is 9.92. The molecule has 4 nitrogen and oxygen atoms in total. The fourth-order valence-corrected chi connectivity index (χ4v) is 1.91. The van der Waals surface area contributed by atoms with E-state index >= 15 is 0 Å². The summed E-state index contributed by atoms with van der Waals surface area (Å²) in [5.74, 6) is 0.717. The van der Waals surface area contributed by atoms with Gasteiger partial charge in [0.2, 0.25) is 0 Å². The number of ether oxygens (including phenoxy) is 1. The smallest absolute Gasteiger partial charge is 0.181 e. The van der Waals surface area contributed by atoms with E-state index in [4.69, 9.17) is 4.74 Å². The van der Waals surface area contributed by atoms with Crippen LogP contribution < -0.4 is 0 Å². The molecule has 0 bridgehead atoms. The largest absolute Gasteiger partial charge is 0.355 e. The standard InChI is InChI=1S/C16H15N3O/c1-3-7-14(8-4-1)11-20-13-19-12-17-16(18-19)15-9-5-2-6-10-15/h1-10,12H,11,13H2. The molecular formula is C16H15N3O. The normalized spacial score (nSPS) is 10.6. The minimum absolute atomic E-state index is 0.398. The maximum absolute atomic E-state index is 5.62. The molecule has 0 aliphatic carbocycles. The van der Waals surface area contributed by atoms with Crippen molar-refractivity contribution >= 4 is 0 Å². The minimum atomic E-state index is 0.398. The predicted octanol–water partition coefficient (Wildman–Crippen LogP) is 3.12. The molecule has 0 spiro atoms. The number of aromatic nitrogens is 3. The van der Waals surface area contributed by atoms with Gasteiger partial charge in [-0.2, -0.15) is 0 Å². The molecule has 0 N–H and O–H groups in total. The predicted molar refractivity (Wildman–Crippen MR) is 76.7 cm³/mol. The van der Waals surface area contributed by atoms with Crippen molar-refractivity contribution in [1.29, 1.82) is 0 Å². The molecule has 0 amide bonds. The van der Waals surface area contributed by atoms with Crippen molar-refractivity contribution in [3.8, 4) is 11.4 Å². The Bertz CT molecular complexity index is 650. The molecule has 0 aliphatic rings. The van der Waals surface area contributed by atoms with Crippen LogP contribution in [0.4, 0.5) is 0 Å². The second kappa shape index (κ2) is 6.12. The third-order valence-electron chi connectivity index (χ3n) is 2.90. The average molecular weight is 265 g/mol. The van der Waals surface area contributed by atoms with Crippen molar-refractivity contribution in [3.05, 3.63) is 72.6 Å². The Balaban J connectivity index is 1.58. The second-order valence-corrected chi connectivity index (χ2v) is 4.44. The first-order valence-corrected chi connectivity index (χ1v) is 6.48. The van der Waals surface area contributed by atoms with Crippen LogP contribution in [0.25, 0.3) is 11.4 Å². The highest BCUT2D eigenvalue weighted by molar-refractivity contribution is 5.53. The zero-order valence-electron chi connectivity index (χ0n) is 11.0. The zero-order chi connectivity index (χ0) is 13.6. The fourth-order valence-electron chi connectivity index (χ4n) is 1.91. The van der Waals surface area contributed by atoms with E-state index in [-0.39, 0.29) is 0 Å². The summed E-state index contributed by atoms with van der Waals surface area (Å²) in [6.07, 6.45) is 1.69. The van der Waals surface area contributed by atoms with Crippen LogP contribution in [0.2, 0.25) is 0 Å². The van der Waals surface area contributed by atoms with Crippen LogP contribution >= 0.6 is 0 Å². The number of benzene rings is 2. The van der Waals surface area contributed by atoms with Gasteiger partial charge in [0.15, 0.2) is 5.82 Å². The van der Waals surface area contributed by atoms with Gasteiger partial charge in [-0.1, -0.05) is 60.7 Å². The van der Waals surface area contributed by atoms with Gasteiger partial charge >= 0.3 is 0 Å². The summed E-state index contributed by atoms with van der Waals surface area (Å²) in [5, 5.41) is 4.39. The Morgan fingerprint density at radius 2 is 1.60 bits per heavy atom. The van der Waals surface area contributed by atoms with Crippen LogP contribution in [0.5, 0.6) is 0 Å². The van der Waals surface area contributed by atoms with E-state index in [1.165, 1.54) is 0 Å². The van der Waals surface area contributed by atoms with Gasteiger partial charge in [0.1, 0.15) is 13.1 Å². The molecule has 0 atom stereocenters. The molecule has 2 aromatic carbocycles. The first-order valence-electron chi connectivity index (χ1n) is 6.48. The van der Waals surface area contributed by atoms with Crippen LogP contribution in [0.1, 0.15) is 5.56 Å². The second-order valence-electron chi connectivity index (χ2n) is 4.44. The van der Waals surface area contributed by atoms with Gasteiger partial charge in [0, 0.05) is 5.56 Å². The van der Waals surface area contributed by atoms with E-state index in [2.05, 4.69) is 10.1 Å². The number of hydrogen-bond acceptors (Lipinski definition) is 3. The molecule has 3 aromatic rings. The van der Waals surface area contributed by atoms with Gasteiger partial charge in [-0.05, 0) is 5.56 Å². The Kier molecular flexibility index (Phi) is 3.85. The Hall–Kier alpha value is -2.46. The molecular weight excluding hydrogens is 250 g/mol. The summed E-state index contributed by atoms with van der Waals surface area (Å²) in [7, 11) is 0. The van der Waals surface area contributed by atoms with E-state index in [1.54, 1.807) is 11.0 Å². The highest BCUT2D eigenvalue weighted by atomic mass is 16.5. The lowest BCUT2D eigenvalue weighted by atomic mass is 10.2. The van der Waals surface area contributed by atoms with E-state index in [0.717, 1.165) is 11.1 Å². The molecule has 0 radical (unpaired) electrons. The quantitative estimate of drug-likeness (QED) is 0.711. The van der Waals surface area contributed by atoms with Crippen LogP contribution in [0.15, 0.2) is 67.0 Å². The minimum Gasteiger partial charge on any atom is -0.355 e. The lowest BCUT2D eigenvalue weighted by Crippen LogP contribution is -2.03. The van der Waals surface area contributed by atoms with Crippen LogP contribution in [-0.4, -0.2) is 14.8 Å². The molecule has 0 fully saturated rings. The van der Waals surface area contributed by atoms with E-state index in [9.17, 15) is 0 Å². The van der Waals surface area contributed by atoms with Crippen LogP contribution in [-0.2, 0) is 18.1 Å². The Morgan fingerprint density at radius 1 is 0.900 bits per heavy atom. The first kappa shape index (κ1) is 12.6. The number of hydrogen-bond donors (Lipinski definition) is 0. The lowest BCUT2D eigenvalue weighted by molar-refractivity contribution is 0.0560. The van der Waals surface area contributed by atoms with Gasteiger partial charge in [0.25, 0.3) is 0 Å². The number of nitrogens with zero attached hydrogens (tertiary/aromatic N) is 3. The van der Waals surface area contributed by atoms with Crippen molar-refractivity contribution in [2.24, 2.45) is 0 Å². The van der Waals surface area contributed by atoms with Crippen molar-refractivity contribution in [2.75, 3.05) is 0 Å². The van der Waals surface area contributed by atoms with Gasteiger partial charge in [0.05, 0.1) is 6.61 Å². The van der Waals surface area contributed by atoms with Crippen molar-refractivity contribution < 1.29 is 4.74 Å². The molecule has 20 heavy (non-hydrogen) atoms. The van der Waals surface area contributed by atoms with Gasteiger partial charge in [-0.15, -0.1) is 5.10 Å². The summed E-state index contributed by atoms with van der Waals surface area (Å²) in [6, 6.07) is 20.0. The Labute approximate surface area is 117 Å². The van der Waals surface area contributed by atoms with E-state index < -0.39 is 0 Å². The third-order valence-corrected chi connectivity index (χ3v) is 2.90. The van der Waals surface area contributed by atoms with Crippen LogP contribution in [0, 0.1) is 0 Å². The maximum atomic E-state index is 5.62. The zero-order valence-corrected chi connectivity index (χ0v) is 11.0. The summed E-state index contributed by atoms with van der Waals surface area (Å²) in [4.78, 5) is 4.28. The monoisotopic (exact) mass is 265 g/mol. The summed E-state index contributed by atoms with van der Waals surface area (Å²) >= 11 is 0. The van der Waals surface area contributed by atoms with Crippen molar-refractivity contribution in [2.45, 2.75) is 13.3 Å². The number of rotatable bonds is 5. The summed E-state index contributed by atoms with van der Waals surface area (Å²) < 4.78 is 7.32. The lowest BCUT2D eigenvalue weighted by Gasteiger charge is -2.03. The highest BCUT2D eigenvalue weighted by Crippen LogP contribution is 2.12. The molecule has 4 heteroatoms. The molecule has 1 heterocycles. The maximum Gasteiger partial charge on any atom is 0.181 e. The molecule has 3 rings (SSSR count). The van der Waals surface area contributed by atoms with Crippen LogP contribution in [0.3, 0.4) is 0 Å². The molecule has 100 valence electrons. The SMILES string of the molecule is c1ccc(COCn2cnc(-c3ccccc3)n2)cc1. The topological polar surface area (TPSA) is 39.9 Å². The van der Waals surface area contributed by atoms with Gasteiger partial charge in [-0.25, -0.2) is 9.67 Å². The third kappa shape index (κ3) is 3.10. The van der Waals surface area contributed by atoms with Gasteiger partial charge in [-0.3, -0.25) is 0 Å². The Morgan fingerprint density at radius 3 is 2.35 bits per heavy atom. The fraction of sp³-hybridized carbons (Fsp3) is 0.125. The van der Waals surface area contributed by atoms with E-state index in [1.807, 2.05) is 60.7 Å². The molecule has 0 unspecified atom stereocenters. The molecule has 0 saturated carbocycles. The summed E-state index contributed by atoms with van der Waals surface area (Å²) in [5.41, 5.74) is 2.16. The summed E-state index contributed by atoms with van der Waals surface area (Å²) in [6.45, 7) is 0.968. The molecule has 0 aliphatic heterocycles. The van der Waals surface area contributed by atoms with Crippen molar-refractivity contribution in [3.63, 3.8) is 0 Å². The average Bonchev–Trinajstić information content (AvgIpc) is 2.98. The van der Waals surface area contributed by atoms with Gasteiger partial charge < -0.3 is 4.74 Å².